The van der Waals surface area contributed by atoms with Gasteiger partial charge in [0.15, 0.2) is 0 Å². The highest BCUT2D eigenvalue weighted by Crippen LogP contribution is 2.32. The molecule has 2 aromatic rings. The molecule has 7 heteroatoms. The highest BCUT2D eigenvalue weighted by Gasteiger charge is 2.29. The number of methoxy groups -OCH3 is 1. The van der Waals surface area contributed by atoms with Gasteiger partial charge in [-0.3, -0.25) is 0 Å². The molecule has 0 amide bonds. The van der Waals surface area contributed by atoms with Gasteiger partial charge in [0.25, 0.3) is 0 Å². The predicted molar refractivity (Wildman–Crippen MR) is 100 cm³/mol. The lowest BCUT2D eigenvalue weighted by Crippen LogP contribution is -2.11. The van der Waals surface area contributed by atoms with Crippen molar-refractivity contribution in [1.29, 1.82) is 0 Å². The van der Waals surface area contributed by atoms with Crippen molar-refractivity contribution >= 4 is 18.1 Å². The minimum atomic E-state index is -4.41. The van der Waals surface area contributed by atoms with Gasteiger partial charge in [0.05, 0.1) is 18.8 Å². The zero-order valence-electron chi connectivity index (χ0n) is 15.7. The zero-order chi connectivity index (χ0) is 20.9. The maximum absolute atomic E-state index is 12.7. The fourth-order valence-electron chi connectivity index (χ4n) is 2.43. The third kappa shape index (κ3) is 5.28. The van der Waals surface area contributed by atoms with E-state index in [2.05, 4.69) is 0 Å². The van der Waals surface area contributed by atoms with Crippen LogP contribution in [0.3, 0.4) is 0 Å². The van der Waals surface area contributed by atoms with E-state index in [1.807, 2.05) is 13.8 Å². The second kappa shape index (κ2) is 8.82. The fraction of sp³-hybridized carbons (Fsp3) is 0.286. The molecule has 28 heavy (non-hydrogen) atoms. The number of rotatable bonds is 6. The molecule has 0 saturated carbocycles. The van der Waals surface area contributed by atoms with Crippen LogP contribution < -0.4 is 4.74 Å². The van der Waals surface area contributed by atoms with E-state index in [4.69, 9.17) is 9.47 Å². The van der Waals surface area contributed by atoms with Crippen LogP contribution in [0.2, 0.25) is 0 Å². The number of hydrogen-bond donors (Lipinski definition) is 1. The number of benzene rings is 2. The van der Waals surface area contributed by atoms with Crippen LogP contribution in [0.4, 0.5) is 13.2 Å². The monoisotopic (exact) mass is 394 g/mol. The topological polar surface area (TPSA) is 55.8 Å². The average molecular weight is 394 g/mol. The predicted octanol–water partition coefficient (Wildman–Crippen LogP) is 5.55. The first-order valence-electron chi connectivity index (χ1n) is 8.63. The molecule has 0 aliphatic carbocycles. The number of phenols is 1. The smallest absolute Gasteiger partial charge is 0.416 e. The first-order chi connectivity index (χ1) is 13.2. The van der Waals surface area contributed by atoms with Crippen molar-refractivity contribution in [2.75, 3.05) is 7.11 Å². The summed E-state index contributed by atoms with van der Waals surface area (Å²) in [6.07, 6.45) is -0.716. The van der Waals surface area contributed by atoms with Crippen LogP contribution in [0.5, 0.6) is 11.5 Å². The van der Waals surface area contributed by atoms with Gasteiger partial charge < -0.3 is 14.6 Å². The third-order valence-electron chi connectivity index (χ3n) is 4.12. The Morgan fingerprint density at radius 2 is 1.82 bits per heavy atom. The molecule has 1 unspecified atom stereocenters. The Labute approximate surface area is 161 Å². The number of alkyl halides is 3. The number of aromatic hydroxyl groups is 1. The highest BCUT2D eigenvalue weighted by atomic mass is 19.4. The maximum atomic E-state index is 12.7. The summed E-state index contributed by atoms with van der Waals surface area (Å²) in [5.74, 6) is -0.675. The number of ether oxygens (including phenoxy) is 2. The summed E-state index contributed by atoms with van der Waals surface area (Å²) in [4.78, 5) is 12.0. The van der Waals surface area contributed by atoms with Gasteiger partial charge in [-0.2, -0.15) is 13.2 Å². The van der Waals surface area contributed by atoms with Crippen LogP contribution in [0.1, 0.15) is 47.3 Å². The van der Waals surface area contributed by atoms with E-state index in [-0.39, 0.29) is 17.4 Å². The maximum Gasteiger partial charge on any atom is 0.416 e. The van der Waals surface area contributed by atoms with Gasteiger partial charge in [-0.05, 0) is 42.7 Å². The molecule has 0 heterocycles. The Hall–Kier alpha value is -2.96. The molecule has 1 N–H and O–H groups in total. The molecule has 1 atom stereocenters. The highest BCUT2D eigenvalue weighted by molar-refractivity contribution is 5.98. The first-order valence-corrected chi connectivity index (χ1v) is 8.63. The number of esters is 1. The lowest BCUT2D eigenvalue weighted by atomic mass is 10.0. The quantitative estimate of drug-likeness (QED) is 0.516. The van der Waals surface area contributed by atoms with E-state index in [0.29, 0.717) is 16.9 Å². The Bertz CT molecular complexity index is 855. The van der Waals surface area contributed by atoms with Crippen LogP contribution >= 0.6 is 0 Å². The normalized spacial score (nSPS) is 12.8. The van der Waals surface area contributed by atoms with Crippen molar-refractivity contribution < 1.29 is 32.5 Å². The summed E-state index contributed by atoms with van der Waals surface area (Å²) >= 11 is 0. The summed E-state index contributed by atoms with van der Waals surface area (Å²) in [5.41, 5.74) is 0.0188. The van der Waals surface area contributed by atoms with Crippen LogP contribution in [0.15, 0.2) is 36.4 Å². The zero-order valence-corrected chi connectivity index (χ0v) is 15.7. The number of carbonyl (C=O) groups excluding carboxylic acids is 1. The summed E-state index contributed by atoms with van der Waals surface area (Å²) in [7, 11) is 1.19. The van der Waals surface area contributed by atoms with Crippen LogP contribution in [0, 0.1) is 0 Å². The van der Waals surface area contributed by atoms with E-state index in [0.717, 1.165) is 18.6 Å². The molecule has 2 aromatic carbocycles. The number of hydrogen-bond acceptors (Lipinski definition) is 4. The second-order valence-electron chi connectivity index (χ2n) is 6.19. The van der Waals surface area contributed by atoms with Gasteiger partial charge in [0.2, 0.25) is 0 Å². The van der Waals surface area contributed by atoms with E-state index in [1.165, 1.54) is 37.5 Å². The van der Waals surface area contributed by atoms with Gasteiger partial charge in [0.1, 0.15) is 17.1 Å². The standard InChI is InChI=1S/C21H21F3O4/c1-4-13(2)28-17-11-15(19(18(25)12-17)20(26)27-3)8-5-14-6-9-16(10-7-14)21(22,23)24/h5-13,25H,4H2,1-3H3/b8-5+. The van der Waals surface area contributed by atoms with Crippen molar-refractivity contribution in [2.45, 2.75) is 32.5 Å². The molecule has 2 rings (SSSR count). The molecule has 0 fully saturated rings. The summed E-state index contributed by atoms with van der Waals surface area (Å²) in [5, 5.41) is 10.2. The molecule has 150 valence electrons. The first kappa shape index (κ1) is 21.3. The Morgan fingerprint density at radius 1 is 1.18 bits per heavy atom. The molecule has 0 spiro atoms. The Balaban J connectivity index is 2.40. The van der Waals surface area contributed by atoms with Gasteiger partial charge in [-0.15, -0.1) is 0 Å². The molecule has 0 aliphatic heterocycles. The van der Waals surface area contributed by atoms with E-state index in [9.17, 15) is 23.1 Å². The van der Waals surface area contributed by atoms with E-state index < -0.39 is 17.7 Å². The lowest BCUT2D eigenvalue weighted by molar-refractivity contribution is -0.137. The van der Waals surface area contributed by atoms with Gasteiger partial charge in [-0.1, -0.05) is 31.2 Å². The summed E-state index contributed by atoms with van der Waals surface area (Å²) < 4.78 is 48.4. The third-order valence-corrected chi connectivity index (χ3v) is 4.12. The minimum Gasteiger partial charge on any atom is -0.507 e. The van der Waals surface area contributed by atoms with Gasteiger partial charge in [0, 0.05) is 6.07 Å². The van der Waals surface area contributed by atoms with Crippen LogP contribution in [-0.4, -0.2) is 24.3 Å². The average Bonchev–Trinajstić information content (AvgIpc) is 2.65. The molecular formula is C21H21F3O4. The lowest BCUT2D eigenvalue weighted by Gasteiger charge is -2.15. The molecule has 4 nitrogen and oxygen atoms in total. The van der Waals surface area contributed by atoms with Crippen molar-refractivity contribution in [3.63, 3.8) is 0 Å². The van der Waals surface area contributed by atoms with Crippen molar-refractivity contribution in [3.8, 4) is 11.5 Å². The molecule has 0 radical (unpaired) electrons. The summed E-state index contributed by atoms with van der Waals surface area (Å²) in [6, 6.07) is 7.47. The fourth-order valence-corrected chi connectivity index (χ4v) is 2.43. The molecule has 0 aromatic heterocycles. The van der Waals surface area contributed by atoms with E-state index in [1.54, 1.807) is 6.07 Å². The van der Waals surface area contributed by atoms with E-state index >= 15 is 0 Å². The minimum absolute atomic E-state index is 0.0536. The van der Waals surface area contributed by atoms with Gasteiger partial charge >= 0.3 is 12.1 Å². The number of halogens is 3. The number of carbonyl (C=O) groups is 1. The van der Waals surface area contributed by atoms with Crippen LogP contribution in [0.25, 0.3) is 12.2 Å². The van der Waals surface area contributed by atoms with Crippen molar-refractivity contribution in [1.82, 2.24) is 0 Å². The SMILES string of the molecule is CCC(C)Oc1cc(O)c(C(=O)OC)c(/C=C/c2ccc(C(F)(F)F)cc2)c1. The number of phenolic OH excluding ortho intramolecular Hbond substituents is 1. The summed E-state index contributed by atoms with van der Waals surface area (Å²) in [6.45, 7) is 3.81. The van der Waals surface area contributed by atoms with Crippen LogP contribution in [-0.2, 0) is 10.9 Å². The Morgan fingerprint density at radius 3 is 2.36 bits per heavy atom. The molecule has 0 bridgehead atoms. The van der Waals surface area contributed by atoms with Crippen molar-refractivity contribution in [2.24, 2.45) is 0 Å². The molecular weight excluding hydrogens is 373 g/mol. The molecule has 0 aliphatic rings. The Kier molecular flexibility index (Phi) is 6.72. The largest absolute Gasteiger partial charge is 0.507 e. The van der Waals surface area contributed by atoms with Gasteiger partial charge in [-0.25, -0.2) is 4.79 Å². The second-order valence-corrected chi connectivity index (χ2v) is 6.19. The molecule has 0 saturated heterocycles. The van der Waals surface area contributed by atoms with Crippen molar-refractivity contribution in [3.05, 3.63) is 58.7 Å².